The van der Waals surface area contributed by atoms with Crippen molar-refractivity contribution in [2.24, 2.45) is 5.73 Å². The van der Waals surface area contributed by atoms with Gasteiger partial charge in [-0.25, -0.2) is 4.39 Å². The number of aryl methyl sites for hydroxylation is 1. The van der Waals surface area contributed by atoms with E-state index in [1.54, 1.807) is 18.2 Å². The number of nitrogens with zero attached hydrogens (tertiary/aromatic N) is 3. The van der Waals surface area contributed by atoms with E-state index < -0.39 is 11.7 Å². The van der Waals surface area contributed by atoms with Gasteiger partial charge in [0.05, 0.1) is 17.0 Å². The number of primary amides is 1. The number of para-hydroxylation sites is 1. The number of nitrogens with one attached hydrogen (secondary N) is 1. The van der Waals surface area contributed by atoms with Gasteiger partial charge in [0.1, 0.15) is 17.1 Å². The van der Waals surface area contributed by atoms with Gasteiger partial charge in [0.25, 0.3) is 5.91 Å². The number of hydrogen-bond acceptors (Lipinski definition) is 6. The fourth-order valence-corrected chi connectivity index (χ4v) is 5.21. The Morgan fingerprint density at radius 3 is 2.93 bits per heavy atom. The molecule has 7 nitrogen and oxygen atoms in total. The van der Waals surface area contributed by atoms with Gasteiger partial charge in [-0.2, -0.15) is 0 Å². The maximum absolute atomic E-state index is 14.0. The highest BCUT2D eigenvalue weighted by molar-refractivity contribution is 7.99. The van der Waals surface area contributed by atoms with Crippen molar-refractivity contribution in [1.82, 2.24) is 14.8 Å². The summed E-state index contributed by atoms with van der Waals surface area (Å²) in [6, 6.07) is 6.26. The van der Waals surface area contributed by atoms with Crippen LogP contribution in [0.2, 0.25) is 0 Å². The number of carbonyl (C=O) groups excluding carboxylic acids is 2. The summed E-state index contributed by atoms with van der Waals surface area (Å²) in [4.78, 5) is 25.3. The van der Waals surface area contributed by atoms with Gasteiger partial charge in [0.15, 0.2) is 5.16 Å². The zero-order chi connectivity index (χ0) is 19.7. The number of thiophene rings is 1. The lowest BCUT2D eigenvalue weighted by molar-refractivity contribution is -0.113. The molecule has 0 bridgehead atoms. The van der Waals surface area contributed by atoms with Crippen LogP contribution in [0.1, 0.15) is 27.2 Å². The highest BCUT2D eigenvalue weighted by Crippen LogP contribution is 2.38. The molecule has 10 heteroatoms. The summed E-state index contributed by atoms with van der Waals surface area (Å²) in [5.74, 6) is -1.20. The van der Waals surface area contributed by atoms with Gasteiger partial charge in [-0.05, 0) is 37.0 Å². The first-order valence-corrected chi connectivity index (χ1v) is 10.4. The highest BCUT2D eigenvalue weighted by Gasteiger charge is 2.26. The lowest BCUT2D eigenvalue weighted by Gasteiger charge is -2.08. The summed E-state index contributed by atoms with van der Waals surface area (Å²) in [5.41, 5.74) is 7.20. The van der Waals surface area contributed by atoms with E-state index in [1.807, 2.05) is 0 Å². The summed E-state index contributed by atoms with van der Waals surface area (Å²) >= 11 is 2.53. The van der Waals surface area contributed by atoms with E-state index in [0.717, 1.165) is 41.5 Å². The molecular weight excluding hydrogens is 401 g/mol. The number of anilines is 1. The number of rotatable bonds is 6. The van der Waals surface area contributed by atoms with E-state index in [0.29, 0.717) is 21.4 Å². The van der Waals surface area contributed by atoms with Crippen molar-refractivity contribution in [1.29, 1.82) is 0 Å². The molecule has 0 saturated carbocycles. The van der Waals surface area contributed by atoms with Gasteiger partial charge in [-0.3, -0.25) is 14.2 Å². The number of thioether (sulfide) groups is 1. The maximum atomic E-state index is 14.0. The number of benzene rings is 1. The molecule has 3 aromatic rings. The molecule has 0 fully saturated rings. The van der Waals surface area contributed by atoms with Crippen LogP contribution < -0.4 is 11.1 Å². The Labute approximate surface area is 168 Å². The Hall–Kier alpha value is -2.72. The normalized spacial score (nSPS) is 12.8. The average molecular weight is 417 g/mol. The Morgan fingerprint density at radius 1 is 1.32 bits per heavy atom. The SMILES string of the molecule is NC(=O)c1c(NC(=O)CSc2nncn2-c2ccccc2F)sc2c1CCC2. The van der Waals surface area contributed by atoms with Crippen LogP contribution in [0.15, 0.2) is 35.7 Å². The molecule has 4 rings (SSSR count). The van der Waals surface area contributed by atoms with E-state index in [9.17, 15) is 14.0 Å². The molecule has 1 aliphatic carbocycles. The zero-order valence-corrected chi connectivity index (χ0v) is 16.3. The van der Waals surface area contributed by atoms with Crippen LogP contribution in [-0.2, 0) is 17.6 Å². The highest BCUT2D eigenvalue weighted by atomic mass is 32.2. The fraction of sp³-hybridized carbons (Fsp3) is 0.222. The number of carbonyl (C=O) groups is 2. The van der Waals surface area contributed by atoms with Crippen molar-refractivity contribution in [2.75, 3.05) is 11.1 Å². The molecule has 1 aromatic carbocycles. The van der Waals surface area contributed by atoms with E-state index in [1.165, 1.54) is 28.3 Å². The molecular formula is C18H16FN5O2S2. The average Bonchev–Trinajstić information content (AvgIpc) is 3.35. The molecule has 2 amide bonds. The third-order valence-corrected chi connectivity index (χ3v) is 6.53. The summed E-state index contributed by atoms with van der Waals surface area (Å²) in [7, 11) is 0. The molecule has 0 saturated heterocycles. The summed E-state index contributed by atoms with van der Waals surface area (Å²) < 4.78 is 15.5. The number of amides is 2. The topological polar surface area (TPSA) is 103 Å². The van der Waals surface area contributed by atoms with Crippen LogP contribution in [0.3, 0.4) is 0 Å². The molecule has 0 spiro atoms. The molecule has 144 valence electrons. The maximum Gasteiger partial charge on any atom is 0.251 e. The summed E-state index contributed by atoms with van der Waals surface area (Å²) in [6.07, 6.45) is 4.10. The summed E-state index contributed by atoms with van der Waals surface area (Å²) in [5, 5.41) is 11.4. The quantitative estimate of drug-likeness (QED) is 0.601. The Morgan fingerprint density at radius 2 is 2.14 bits per heavy atom. The lowest BCUT2D eigenvalue weighted by atomic mass is 10.1. The second-order valence-electron chi connectivity index (χ2n) is 6.20. The molecule has 2 heterocycles. The minimum Gasteiger partial charge on any atom is -0.365 e. The van der Waals surface area contributed by atoms with Gasteiger partial charge in [0, 0.05) is 4.88 Å². The second kappa shape index (κ2) is 7.72. The Bertz CT molecular complexity index is 1060. The van der Waals surface area contributed by atoms with Gasteiger partial charge in [-0.15, -0.1) is 21.5 Å². The van der Waals surface area contributed by atoms with Crippen LogP contribution in [-0.4, -0.2) is 32.3 Å². The van der Waals surface area contributed by atoms with Crippen molar-refractivity contribution >= 4 is 39.9 Å². The van der Waals surface area contributed by atoms with Gasteiger partial charge in [0.2, 0.25) is 5.91 Å². The standard InChI is InChI=1S/C18H16FN5O2S2/c19-11-5-1-2-6-12(11)24-9-21-23-18(24)27-8-14(25)22-17-15(16(20)26)10-4-3-7-13(10)28-17/h1-2,5-6,9H,3-4,7-8H2,(H2,20,26)(H,22,25). The van der Waals surface area contributed by atoms with E-state index >= 15 is 0 Å². The van der Waals surface area contributed by atoms with Crippen LogP contribution in [0.5, 0.6) is 0 Å². The predicted molar refractivity (Wildman–Crippen MR) is 106 cm³/mol. The third kappa shape index (κ3) is 3.52. The van der Waals surface area contributed by atoms with Crippen molar-refractivity contribution in [3.63, 3.8) is 0 Å². The summed E-state index contributed by atoms with van der Waals surface area (Å²) in [6.45, 7) is 0. The molecule has 3 N–H and O–H groups in total. The molecule has 0 unspecified atom stereocenters. The molecule has 2 aromatic heterocycles. The predicted octanol–water partition coefficient (Wildman–Crippen LogP) is 2.79. The van der Waals surface area contributed by atoms with Crippen LogP contribution in [0.4, 0.5) is 9.39 Å². The van der Waals surface area contributed by atoms with Gasteiger partial charge >= 0.3 is 0 Å². The fourth-order valence-electron chi connectivity index (χ4n) is 3.18. The van der Waals surface area contributed by atoms with E-state index in [4.69, 9.17) is 5.73 Å². The van der Waals surface area contributed by atoms with E-state index in [-0.39, 0.29) is 11.7 Å². The minimum absolute atomic E-state index is 0.0356. The van der Waals surface area contributed by atoms with Gasteiger partial charge < -0.3 is 11.1 Å². The molecule has 1 aliphatic rings. The van der Waals surface area contributed by atoms with Gasteiger partial charge in [-0.1, -0.05) is 23.9 Å². The smallest absolute Gasteiger partial charge is 0.251 e. The number of halogens is 1. The molecule has 28 heavy (non-hydrogen) atoms. The number of aromatic nitrogens is 3. The van der Waals surface area contributed by atoms with Crippen LogP contribution in [0, 0.1) is 5.82 Å². The monoisotopic (exact) mass is 417 g/mol. The zero-order valence-electron chi connectivity index (χ0n) is 14.6. The lowest BCUT2D eigenvalue weighted by Crippen LogP contribution is -2.19. The minimum atomic E-state index is -0.526. The first-order chi connectivity index (χ1) is 13.5. The number of hydrogen-bond donors (Lipinski definition) is 2. The Balaban J connectivity index is 1.47. The first-order valence-electron chi connectivity index (χ1n) is 8.56. The van der Waals surface area contributed by atoms with Crippen molar-refractivity contribution in [2.45, 2.75) is 24.4 Å². The third-order valence-electron chi connectivity index (χ3n) is 4.38. The van der Waals surface area contributed by atoms with E-state index in [2.05, 4.69) is 15.5 Å². The molecule has 0 atom stereocenters. The van der Waals surface area contributed by atoms with Crippen LogP contribution >= 0.6 is 23.1 Å². The molecule has 0 radical (unpaired) electrons. The first kappa shape index (κ1) is 18.6. The van der Waals surface area contributed by atoms with Crippen molar-refractivity contribution in [3.05, 3.63) is 52.4 Å². The number of nitrogens with two attached hydrogens (primary N) is 1. The van der Waals surface area contributed by atoms with Crippen LogP contribution in [0.25, 0.3) is 5.69 Å². The number of fused-ring (bicyclic) bond motifs is 1. The molecule has 0 aliphatic heterocycles. The largest absolute Gasteiger partial charge is 0.365 e. The Kier molecular flexibility index (Phi) is 5.14. The van der Waals surface area contributed by atoms with Crippen molar-refractivity contribution < 1.29 is 14.0 Å². The van der Waals surface area contributed by atoms with Crippen molar-refractivity contribution in [3.8, 4) is 5.69 Å². The second-order valence-corrected chi connectivity index (χ2v) is 8.25.